The van der Waals surface area contributed by atoms with Gasteiger partial charge in [-0.25, -0.2) is 8.42 Å². The van der Waals surface area contributed by atoms with E-state index in [2.05, 4.69) is 41.5 Å². The topological polar surface area (TPSA) is 69.7 Å². The van der Waals surface area contributed by atoms with Crippen LogP contribution in [-0.2, 0) is 23.8 Å². The molecule has 0 radical (unpaired) electrons. The predicted octanol–water partition coefficient (Wildman–Crippen LogP) is 8.34. The van der Waals surface area contributed by atoms with Gasteiger partial charge in [-0.05, 0) is 113 Å². The molecule has 4 atom stereocenters. The van der Waals surface area contributed by atoms with Crippen molar-refractivity contribution in [3.05, 3.63) is 30.3 Å². The van der Waals surface area contributed by atoms with Crippen LogP contribution in [-0.4, -0.2) is 39.7 Å². The Morgan fingerprint density at radius 3 is 2.26 bits per heavy atom. The van der Waals surface area contributed by atoms with Gasteiger partial charge in [0.2, 0.25) is 0 Å². The van der Waals surface area contributed by atoms with Gasteiger partial charge in [0.1, 0.15) is 0 Å². The molecule has 39 heavy (non-hydrogen) atoms. The van der Waals surface area contributed by atoms with Crippen LogP contribution in [0.5, 0.6) is 0 Å². The summed E-state index contributed by atoms with van der Waals surface area (Å²) in [6, 6.07) is 12.4. The highest BCUT2D eigenvalue weighted by Crippen LogP contribution is 2.63. The van der Waals surface area contributed by atoms with Crippen molar-refractivity contribution in [3.63, 3.8) is 0 Å². The Morgan fingerprint density at radius 1 is 1.03 bits per heavy atom. The number of fused-ring (bicyclic) bond motifs is 1. The van der Waals surface area contributed by atoms with Crippen LogP contribution in [0.2, 0.25) is 18.1 Å². The predicted molar refractivity (Wildman–Crippen MR) is 162 cm³/mol. The van der Waals surface area contributed by atoms with Crippen molar-refractivity contribution in [2.75, 3.05) is 6.61 Å². The lowest BCUT2D eigenvalue weighted by Gasteiger charge is -2.52. The second-order valence-electron chi connectivity index (χ2n) is 13.0. The molecular weight excluding hydrogens is 525 g/mol. The fraction of sp³-hybridized carbons (Fsp3) is 0.781. The summed E-state index contributed by atoms with van der Waals surface area (Å²) in [5.41, 5.74) is -0.459. The van der Waals surface area contributed by atoms with Gasteiger partial charge in [-0.3, -0.25) is 4.79 Å². The van der Waals surface area contributed by atoms with E-state index in [-0.39, 0.29) is 28.8 Å². The molecule has 7 heteroatoms. The summed E-state index contributed by atoms with van der Waals surface area (Å²) in [5.74, 6) is 0.0424. The maximum Gasteiger partial charge on any atom is 0.306 e. The fourth-order valence-electron chi connectivity index (χ4n) is 8.26. The minimum Gasteiger partial charge on any atom is -0.466 e. The third-order valence-corrected chi connectivity index (χ3v) is 18.1. The standard InChI is InChI=1S/C32H54O5SSi/c1-8-36-29(33)25-26-19-20-28-31(26,7)22-16-24-32(28,38(34,35)27-17-13-12-14-18-27)23-15-21-30(5,6)37-39(9-2,10-3)11-4/h12-14,17-18,26,28H,8-11,15-16,19-25H2,1-7H3/t26-,28-,31-,32?/m0/s1. The maximum absolute atomic E-state index is 14.6. The highest BCUT2D eigenvalue weighted by atomic mass is 32.2. The van der Waals surface area contributed by atoms with Crippen LogP contribution in [0.3, 0.4) is 0 Å². The fourth-order valence-corrected chi connectivity index (χ4v) is 14.0. The molecule has 0 saturated heterocycles. The Hall–Kier alpha value is -1.18. The zero-order valence-electron chi connectivity index (χ0n) is 25.7. The van der Waals surface area contributed by atoms with Crippen molar-refractivity contribution < 1.29 is 22.4 Å². The van der Waals surface area contributed by atoms with Crippen LogP contribution in [0.4, 0.5) is 0 Å². The van der Waals surface area contributed by atoms with E-state index in [1.165, 1.54) is 0 Å². The Labute approximate surface area is 239 Å². The molecule has 2 aliphatic carbocycles. The van der Waals surface area contributed by atoms with Gasteiger partial charge in [-0.15, -0.1) is 0 Å². The Balaban J connectivity index is 1.94. The first-order chi connectivity index (χ1) is 18.4. The molecule has 2 fully saturated rings. The van der Waals surface area contributed by atoms with Gasteiger partial charge in [-0.2, -0.15) is 0 Å². The maximum atomic E-state index is 14.6. The van der Waals surface area contributed by atoms with E-state index < -0.39 is 22.9 Å². The Bertz CT molecular complexity index is 1040. The smallest absolute Gasteiger partial charge is 0.306 e. The third-order valence-electron chi connectivity index (χ3n) is 10.6. The number of rotatable bonds is 14. The molecule has 0 amide bonds. The number of sulfone groups is 1. The lowest BCUT2D eigenvalue weighted by molar-refractivity contribution is -0.145. The van der Waals surface area contributed by atoms with Crippen molar-refractivity contribution in [2.45, 2.75) is 140 Å². The number of esters is 1. The second-order valence-corrected chi connectivity index (χ2v) is 20.0. The molecule has 0 heterocycles. The van der Waals surface area contributed by atoms with Crippen LogP contribution in [0.25, 0.3) is 0 Å². The van der Waals surface area contributed by atoms with Crippen LogP contribution < -0.4 is 0 Å². The summed E-state index contributed by atoms with van der Waals surface area (Å²) in [7, 11) is -5.37. The van der Waals surface area contributed by atoms with Crippen molar-refractivity contribution in [1.29, 1.82) is 0 Å². The van der Waals surface area contributed by atoms with Crippen molar-refractivity contribution >= 4 is 24.1 Å². The average molecular weight is 579 g/mol. The second kappa shape index (κ2) is 12.8. The zero-order valence-corrected chi connectivity index (χ0v) is 27.5. The van der Waals surface area contributed by atoms with E-state index in [1.807, 2.05) is 25.1 Å². The Kier molecular flexibility index (Phi) is 10.6. The van der Waals surface area contributed by atoms with E-state index in [0.29, 0.717) is 30.8 Å². The molecule has 2 saturated carbocycles. The summed E-state index contributed by atoms with van der Waals surface area (Å²) in [4.78, 5) is 13.0. The Morgan fingerprint density at radius 2 is 1.67 bits per heavy atom. The number of carbonyl (C=O) groups excluding carboxylic acids is 1. The number of hydrogen-bond donors (Lipinski definition) is 0. The molecular formula is C32H54O5SSi. The molecule has 3 rings (SSSR count). The third kappa shape index (κ3) is 6.51. The minimum atomic E-state index is -3.59. The van der Waals surface area contributed by atoms with Crippen LogP contribution in [0.1, 0.15) is 106 Å². The van der Waals surface area contributed by atoms with Crippen molar-refractivity contribution in [2.24, 2.45) is 17.3 Å². The van der Waals surface area contributed by atoms with E-state index >= 15 is 0 Å². The van der Waals surface area contributed by atoms with E-state index in [1.54, 1.807) is 12.1 Å². The molecule has 0 aromatic heterocycles. The lowest BCUT2D eigenvalue weighted by atomic mass is 9.59. The molecule has 1 aromatic rings. The summed E-state index contributed by atoms with van der Waals surface area (Å²) in [5, 5.41) is 0. The number of hydrogen-bond acceptors (Lipinski definition) is 5. The van der Waals surface area contributed by atoms with Gasteiger partial charge < -0.3 is 9.16 Å². The first-order valence-electron chi connectivity index (χ1n) is 15.5. The zero-order chi connectivity index (χ0) is 29.0. The highest BCUT2D eigenvalue weighted by molar-refractivity contribution is 7.92. The summed E-state index contributed by atoms with van der Waals surface area (Å²) in [6.07, 6.45) is 6.97. The van der Waals surface area contributed by atoms with Crippen LogP contribution in [0, 0.1) is 17.3 Å². The monoisotopic (exact) mass is 578 g/mol. The van der Waals surface area contributed by atoms with E-state index in [4.69, 9.17) is 9.16 Å². The van der Waals surface area contributed by atoms with Gasteiger partial charge in [0, 0.05) is 6.42 Å². The molecule has 1 aromatic carbocycles. The average Bonchev–Trinajstić information content (AvgIpc) is 3.24. The lowest BCUT2D eigenvalue weighted by Crippen LogP contribution is -2.54. The molecule has 1 unspecified atom stereocenters. The molecule has 0 bridgehead atoms. The molecule has 222 valence electrons. The molecule has 2 aliphatic rings. The highest BCUT2D eigenvalue weighted by Gasteiger charge is 2.62. The van der Waals surface area contributed by atoms with Crippen molar-refractivity contribution in [3.8, 4) is 0 Å². The van der Waals surface area contributed by atoms with Gasteiger partial charge in [0.15, 0.2) is 18.2 Å². The van der Waals surface area contributed by atoms with Crippen LogP contribution in [0.15, 0.2) is 35.2 Å². The first kappa shape index (κ1) is 32.3. The number of ether oxygens (including phenoxy) is 1. The molecule has 0 aliphatic heterocycles. The van der Waals surface area contributed by atoms with Gasteiger partial charge in [0.25, 0.3) is 0 Å². The van der Waals surface area contributed by atoms with E-state index in [0.717, 1.165) is 56.7 Å². The SMILES string of the molecule is CCOC(=O)C[C@@H]1CC[C@@H]2C(CCCC(C)(C)O[Si](CC)(CC)CC)(S(=O)(=O)c3ccccc3)CCC[C@@]12C. The minimum absolute atomic E-state index is 0.0304. The first-order valence-corrected chi connectivity index (χ1v) is 19.5. The summed E-state index contributed by atoms with van der Waals surface area (Å²) in [6.45, 7) is 15.7. The quantitative estimate of drug-likeness (QED) is 0.164. The molecule has 0 N–H and O–H groups in total. The van der Waals surface area contributed by atoms with Gasteiger partial charge in [-0.1, -0.05) is 52.3 Å². The van der Waals surface area contributed by atoms with Gasteiger partial charge in [0.05, 0.1) is 21.9 Å². The van der Waals surface area contributed by atoms with E-state index in [9.17, 15) is 13.2 Å². The molecule has 0 spiro atoms. The largest absolute Gasteiger partial charge is 0.466 e. The van der Waals surface area contributed by atoms with Crippen molar-refractivity contribution in [1.82, 2.24) is 0 Å². The van der Waals surface area contributed by atoms with Gasteiger partial charge >= 0.3 is 5.97 Å². The summed E-state index contributed by atoms with van der Waals surface area (Å²) >= 11 is 0. The number of carbonyl (C=O) groups is 1. The summed E-state index contributed by atoms with van der Waals surface area (Å²) < 4.78 is 40.7. The van der Waals surface area contributed by atoms with Crippen LogP contribution >= 0.6 is 0 Å². The number of benzene rings is 1. The normalized spacial score (nSPS) is 27.8. The molecule has 5 nitrogen and oxygen atoms in total.